The highest BCUT2D eigenvalue weighted by atomic mass is 32.2. The third kappa shape index (κ3) is 5.47. The standard InChI is InChI=1S/C28H23F8NO3S/c29-22-5-7-23(8-6-22)41(39,40)25(13-9-18(10-14-25)17-24(38)19-11-15-37-16-12-19)20-1-3-21(4-2-20)26(30,27(31,32)33)28(34,35)36/h1-8,11-12,15-16,18H,9-10,13-14,17H2. The van der Waals surface area contributed by atoms with Gasteiger partial charge in [-0.15, -0.1) is 0 Å². The first-order valence-corrected chi connectivity index (χ1v) is 13.9. The van der Waals surface area contributed by atoms with Gasteiger partial charge in [-0.1, -0.05) is 24.3 Å². The zero-order valence-electron chi connectivity index (χ0n) is 21.1. The van der Waals surface area contributed by atoms with Crippen LogP contribution in [0.15, 0.2) is 78.0 Å². The van der Waals surface area contributed by atoms with E-state index in [0.29, 0.717) is 5.56 Å². The molecule has 0 bridgehead atoms. The number of aromatic nitrogens is 1. The van der Waals surface area contributed by atoms with Gasteiger partial charge >= 0.3 is 18.0 Å². The van der Waals surface area contributed by atoms with Crippen molar-refractivity contribution in [3.63, 3.8) is 0 Å². The number of Topliss-reactive ketones (excluding diaryl/α,β-unsaturated/α-hetero) is 1. The molecule has 2 aromatic carbocycles. The maximum absolute atomic E-state index is 14.6. The Hall–Kier alpha value is -3.35. The molecule has 13 heteroatoms. The second-order valence-electron chi connectivity index (χ2n) is 9.99. The molecule has 1 aromatic heterocycles. The number of nitrogens with zero attached hydrogens (tertiary/aromatic N) is 1. The molecule has 0 saturated heterocycles. The lowest BCUT2D eigenvalue weighted by atomic mass is 9.75. The monoisotopic (exact) mass is 605 g/mol. The SMILES string of the molecule is O=C(CC1CCC(c2ccc(C(F)(C(F)(F)F)C(F)(F)F)cc2)(S(=O)(=O)c2ccc(F)cc2)CC1)c1ccncc1. The Kier molecular flexibility index (Phi) is 8.07. The largest absolute Gasteiger partial charge is 0.435 e. The lowest BCUT2D eigenvalue weighted by molar-refractivity contribution is -0.348. The van der Waals surface area contributed by atoms with Gasteiger partial charge < -0.3 is 0 Å². The number of halogens is 8. The lowest BCUT2D eigenvalue weighted by Gasteiger charge is -2.40. The van der Waals surface area contributed by atoms with Crippen LogP contribution in [0.2, 0.25) is 0 Å². The number of hydrogen-bond acceptors (Lipinski definition) is 4. The number of benzene rings is 2. The summed E-state index contributed by atoms with van der Waals surface area (Å²) in [6.45, 7) is 0. The van der Waals surface area contributed by atoms with E-state index in [1.165, 1.54) is 24.5 Å². The van der Waals surface area contributed by atoms with Crippen LogP contribution in [-0.4, -0.2) is 31.5 Å². The van der Waals surface area contributed by atoms with E-state index in [0.717, 1.165) is 36.4 Å². The molecule has 220 valence electrons. The highest BCUT2D eigenvalue weighted by Crippen LogP contribution is 2.54. The van der Waals surface area contributed by atoms with Gasteiger partial charge in [0.25, 0.3) is 0 Å². The molecule has 4 nitrogen and oxygen atoms in total. The van der Waals surface area contributed by atoms with Crippen molar-refractivity contribution in [1.29, 1.82) is 0 Å². The number of rotatable bonds is 7. The van der Waals surface area contributed by atoms with Gasteiger partial charge in [-0.3, -0.25) is 9.78 Å². The molecule has 1 aliphatic rings. The number of sulfone groups is 1. The van der Waals surface area contributed by atoms with E-state index in [9.17, 15) is 48.3 Å². The zero-order valence-corrected chi connectivity index (χ0v) is 22.0. The minimum absolute atomic E-state index is 0.0805. The van der Waals surface area contributed by atoms with Crippen molar-refractivity contribution in [2.45, 2.75) is 59.8 Å². The van der Waals surface area contributed by atoms with Crippen molar-refractivity contribution < 1.29 is 48.3 Å². The number of hydrogen-bond donors (Lipinski definition) is 0. The predicted molar refractivity (Wildman–Crippen MR) is 132 cm³/mol. The average molecular weight is 606 g/mol. The minimum atomic E-state index is -6.33. The Labute approximate surface area is 230 Å². The first kappa shape index (κ1) is 30.6. The van der Waals surface area contributed by atoms with Crippen molar-refractivity contribution in [3.05, 3.63) is 95.6 Å². The van der Waals surface area contributed by atoms with Crippen molar-refractivity contribution in [2.24, 2.45) is 5.92 Å². The summed E-state index contributed by atoms with van der Waals surface area (Å²) in [5.74, 6) is -1.19. The molecule has 41 heavy (non-hydrogen) atoms. The van der Waals surface area contributed by atoms with Crippen LogP contribution >= 0.6 is 0 Å². The normalized spacial score (nSPS) is 20.5. The van der Waals surface area contributed by atoms with Crippen LogP contribution in [0.4, 0.5) is 35.1 Å². The van der Waals surface area contributed by atoms with E-state index in [1.807, 2.05) is 0 Å². The Balaban J connectivity index is 1.72. The maximum atomic E-state index is 14.6. The van der Waals surface area contributed by atoms with E-state index in [-0.39, 0.29) is 66.4 Å². The van der Waals surface area contributed by atoms with Crippen LogP contribution < -0.4 is 0 Å². The molecular formula is C28H23F8NO3S. The smallest absolute Gasteiger partial charge is 0.294 e. The fraction of sp³-hybridized carbons (Fsp3) is 0.357. The quantitative estimate of drug-likeness (QED) is 0.158. The van der Waals surface area contributed by atoms with Crippen LogP contribution in [0.5, 0.6) is 0 Å². The summed E-state index contributed by atoms with van der Waals surface area (Å²) in [6, 6.07) is 8.99. The molecule has 4 rings (SSSR count). The summed E-state index contributed by atoms with van der Waals surface area (Å²) in [5, 5.41) is 0. The highest BCUT2D eigenvalue weighted by molar-refractivity contribution is 7.92. The topological polar surface area (TPSA) is 64.1 Å². The van der Waals surface area contributed by atoms with Gasteiger partial charge in [-0.05, 0) is 73.6 Å². The first-order valence-electron chi connectivity index (χ1n) is 12.4. The van der Waals surface area contributed by atoms with Gasteiger partial charge in [0.05, 0.1) is 4.90 Å². The Bertz CT molecular complexity index is 1460. The van der Waals surface area contributed by atoms with Crippen molar-refractivity contribution in [1.82, 2.24) is 4.98 Å². The molecule has 0 N–H and O–H groups in total. The molecule has 0 unspecified atom stereocenters. The Morgan fingerprint density at radius 3 is 1.80 bits per heavy atom. The van der Waals surface area contributed by atoms with E-state index in [1.54, 1.807) is 0 Å². The molecule has 0 spiro atoms. The Morgan fingerprint density at radius 1 is 0.805 bits per heavy atom. The van der Waals surface area contributed by atoms with Crippen molar-refractivity contribution in [2.75, 3.05) is 0 Å². The maximum Gasteiger partial charge on any atom is 0.435 e. The third-order valence-corrected chi connectivity index (χ3v) is 10.2. The van der Waals surface area contributed by atoms with Gasteiger partial charge in [0.1, 0.15) is 10.6 Å². The number of carbonyl (C=O) groups is 1. The zero-order chi connectivity index (χ0) is 30.3. The molecular weight excluding hydrogens is 582 g/mol. The summed E-state index contributed by atoms with van der Waals surface area (Å²) >= 11 is 0. The average Bonchev–Trinajstić information content (AvgIpc) is 2.92. The molecule has 3 aromatic rings. The number of carbonyl (C=O) groups excluding carboxylic acids is 1. The second kappa shape index (κ2) is 10.8. The van der Waals surface area contributed by atoms with Gasteiger partial charge in [-0.2, -0.15) is 26.3 Å². The number of pyridine rings is 1. The molecule has 1 fully saturated rings. The van der Waals surface area contributed by atoms with Gasteiger partial charge in [0, 0.05) is 29.9 Å². The van der Waals surface area contributed by atoms with Crippen LogP contribution in [0.1, 0.15) is 53.6 Å². The minimum Gasteiger partial charge on any atom is -0.294 e. The van der Waals surface area contributed by atoms with Gasteiger partial charge in [0.2, 0.25) is 0 Å². The van der Waals surface area contributed by atoms with E-state index in [4.69, 9.17) is 0 Å². The molecule has 0 aliphatic heterocycles. The van der Waals surface area contributed by atoms with Crippen molar-refractivity contribution >= 4 is 15.6 Å². The fourth-order valence-electron chi connectivity index (χ4n) is 5.31. The summed E-state index contributed by atoms with van der Waals surface area (Å²) in [5.41, 5.74) is -7.15. The summed E-state index contributed by atoms with van der Waals surface area (Å²) in [4.78, 5) is 16.2. The van der Waals surface area contributed by atoms with Gasteiger partial charge in [-0.25, -0.2) is 17.2 Å². The molecule has 0 amide bonds. The molecule has 1 aliphatic carbocycles. The summed E-state index contributed by atoms with van der Waals surface area (Å²) in [6.07, 6.45) is -9.61. The highest BCUT2D eigenvalue weighted by Gasteiger charge is 2.73. The van der Waals surface area contributed by atoms with Crippen LogP contribution in [-0.2, 0) is 20.3 Å². The van der Waals surface area contributed by atoms with Crippen molar-refractivity contribution in [3.8, 4) is 0 Å². The molecule has 1 heterocycles. The third-order valence-electron chi connectivity index (χ3n) is 7.62. The summed E-state index contributed by atoms with van der Waals surface area (Å²) < 4.78 is 134. The van der Waals surface area contributed by atoms with E-state index >= 15 is 0 Å². The fourth-order valence-corrected chi connectivity index (χ4v) is 7.47. The van der Waals surface area contributed by atoms with Crippen LogP contribution in [0.3, 0.4) is 0 Å². The first-order chi connectivity index (χ1) is 19.0. The van der Waals surface area contributed by atoms with Gasteiger partial charge in [0.15, 0.2) is 15.6 Å². The van der Waals surface area contributed by atoms with E-state index < -0.39 is 44.0 Å². The second-order valence-corrected chi connectivity index (χ2v) is 12.2. The summed E-state index contributed by atoms with van der Waals surface area (Å²) in [7, 11) is -4.40. The number of alkyl halides is 7. The van der Waals surface area contributed by atoms with E-state index in [2.05, 4.69) is 4.98 Å². The molecule has 0 radical (unpaired) electrons. The molecule has 1 saturated carbocycles. The number of ketones is 1. The van der Waals surface area contributed by atoms with Crippen LogP contribution in [0.25, 0.3) is 0 Å². The lowest BCUT2D eigenvalue weighted by Crippen LogP contribution is -2.50. The predicted octanol–water partition coefficient (Wildman–Crippen LogP) is 7.64. The molecule has 0 atom stereocenters. The van der Waals surface area contributed by atoms with Crippen LogP contribution in [0, 0.1) is 11.7 Å². The Morgan fingerprint density at radius 2 is 1.32 bits per heavy atom.